The summed E-state index contributed by atoms with van der Waals surface area (Å²) in [5, 5.41) is 11.4. The number of aryl methyl sites for hydroxylation is 1. The van der Waals surface area contributed by atoms with E-state index in [-0.39, 0.29) is 0 Å². The molecule has 0 spiro atoms. The summed E-state index contributed by atoms with van der Waals surface area (Å²) in [6.07, 6.45) is 3.41. The molecule has 2 aromatic heterocycles. The third-order valence-electron chi connectivity index (χ3n) is 1.61. The van der Waals surface area contributed by atoms with Crippen molar-refractivity contribution in [2.24, 2.45) is 7.05 Å². The van der Waals surface area contributed by atoms with Crippen molar-refractivity contribution in [3.63, 3.8) is 0 Å². The molecule has 64 valence electrons. The zero-order valence-electron chi connectivity index (χ0n) is 6.93. The second-order valence-electron chi connectivity index (χ2n) is 2.51. The molecule has 0 amide bonds. The number of nitriles is 1. The lowest BCUT2D eigenvalue weighted by Crippen LogP contribution is -1.89. The van der Waals surface area contributed by atoms with Gasteiger partial charge in [-0.2, -0.15) is 5.26 Å². The topological polar surface area (TPSA) is 54.5 Å². The summed E-state index contributed by atoms with van der Waals surface area (Å²) in [4.78, 5) is 8.24. The van der Waals surface area contributed by atoms with Crippen LogP contribution in [0, 0.1) is 11.3 Å². The lowest BCUT2D eigenvalue weighted by atomic mass is 10.5. The largest absolute Gasteiger partial charge is 0.331 e. The van der Waals surface area contributed by atoms with Crippen LogP contribution in [-0.4, -0.2) is 14.5 Å². The standard InChI is InChI=1S/C8H6N4S/c1-12-5-6(4-9)11-7(12)8-10-2-3-13-8/h2-3,5H,1H3. The SMILES string of the molecule is Cn1cc(C#N)nc1-c1nccs1. The first-order chi connectivity index (χ1) is 6.31. The normalized spacial score (nSPS) is 9.85. The van der Waals surface area contributed by atoms with Gasteiger partial charge in [0.15, 0.2) is 16.5 Å². The van der Waals surface area contributed by atoms with E-state index in [1.165, 1.54) is 11.3 Å². The van der Waals surface area contributed by atoms with Gasteiger partial charge in [-0.05, 0) is 0 Å². The lowest BCUT2D eigenvalue weighted by molar-refractivity contribution is 0.922. The molecule has 13 heavy (non-hydrogen) atoms. The second kappa shape index (κ2) is 2.99. The van der Waals surface area contributed by atoms with E-state index in [1.807, 2.05) is 18.5 Å². The smallest absolute Gasteiger partial charge is 0.170 e. The Kier molecular flexibility index (Phi) is 1.83. The zero-order chi connectivity index (χ0) is 9.26. The third kappa shape index (κ3) is 1.32. The van der Waals surface area contributed by atoms with Crippen LogP contribution in [0.2, 0.25) is 0 Å². The van der Waals surface area contributed by atoms with Gasteiger partial charge in [0, 0.05) is 24.8 Å². The van der Waals surface area contributed by atoms with Crippen molar-refractivity contribution in [3.05, 3.63) is 23.5 Å². The van der Waals surface area contributed by atoms with Gasteiger partial charge in [-0.25, -0.2) is 9.97 Å². The van der Waals surface area contributed by atoms with Crippen molar-refractivity contribution in [3.8, 4) is 16.9 Å². The number of hydrogen-bond donors (Lipinski definition) is 0. The van der Waals surface area contributed by atoms with Gasteiger partial charge in [-0.1, -0.05) is 0 Å². The Balaban J connectivity index is 2.54. The number of thiazole rings is 1. The maximum Gasteiger partial charge on any atom is 0.170 e. The molecule has 2 rings (SSSR count). The highest BCUT2D eigenvalue weighted by atomic mass is 32.1. The fourth-order valence-electron chi connectivity index (χ4n) is 1.05. The first-order valence-electron chi connectivity index (χ1n) is 3.64. The average Bonchev–Trinajstić information content (AvgIpc) is 2.72. The van der Waals surface area contributed by atoms with Gasteiger partial charge in [0.25, 0.3) is 0 Å². The molecular weight excluding hydrogens is 184 g/mol. The van der Waals surface area contributed by atoms with E-state index in [0.29, 0.717) is 5.69 Å². The Bertz CT molecular complexity index is 449. The first kappa shape index (κ1) is 7.95. The van der Waals surface area contributed by atoms with Crippen molar-refractivity contribution in [2.45, 2.75) is 0 Å². The van der Waals surface area contributed by atoms with E-state index in [0.717, 1.165) is 10.8 Å². The van der Waals surface area contributed by atoms with Crippen molar-refractivity contribution in [1.29, 1.82) is 5.26 Å². The van der Waals surface area contributed by atoms with Crippen LogP contribution in [-0.2, 0) is 7.05 Å². The summed E-state index contributed by atoms with van der Waals surface area (Å²) in [5.74, 6) is 0.742. The minimum absolute atomic E-state index is 0.424. The Labute approximate surface area is 79.1 Å². The van der Waals surface area contributed by atoms with Crippen LogP contribution < -0.4 is 0 Å². The summed E-state index contributed by atoms with van der Waals surface area (Å²) < 4.78 is 1.80. The summed E-state index contributed by atoms with van der Waals surface area (Å²) in [7, 11) is 1.85. The molecule has 0 aliphatic carbocycles. The molecule has 0 atom stereocenters. The van der Waals surface area contributed by atoms with Crippen LogP contribution in [0.5, 0.6) is 0 Å². The van der Waals surface area contributed by atoms with Crippen molar-refractivity contribution >= 4 is 11.3 Å². The molecule has 0 saturated heterocycles. The van der Waals surface area contributed by atoms with Gasteiger partial charge >= 0.3 is 0 Å². The third-order valence-corrected chi connectivity index (χ3v) is 2.38. The number of imidazole rings is 1. The van der Waals surface area contributed by atoms with Gasteiger partial charge in [0.1, 0.15) is 6.07 Å². The minimum Gasteiger partial charge on any atom is -0.331 e. The highest BCUT2D eigenvalue weighted by molar-refractivity contribution is 7.13. The number of aromatic nitrogens is 3. The fraction of sp³-hybridized carbons (Fsp3) is 0.125. The predicted octanol–water partition coefficient (Wildman–Crippen LogP) is 1.42. The molecule has 0 radical (unpaired) electrons. The fourth-order valence-corrected chi connectivity index (χ4v) is 1.72. The van der Waals surface area contributed by atoms with E-state index >= 15 is 0 Å². The number of nitrogens with zero attached hydrogens (tertiary/aromatic N) is 4. The molecule has 0 bridgehead atoms. The second-order valence-corrected chi connectivity index (χ2v) is 3.40. The molecule has 0 aliphatic rings. The van der Waals surface area contributed by atoms with Gasteiger partial charge in [-0.3, -0.25) is 0 Å². The van der Waals surface area contributed by atoms with Crippen LogP contribution in [0.25, 0.3) is 10.8 Å². The molecule has 0 aliphatic heterocycles. The van der Waals surface area contributed by atoms with E-state index < -0.39 is 0 Å². The van der Waals surface area contributed by atoms with Crippen LogP contribution >= 0.6 is 11.3 Å². The Morgan fingerprint density at radius 2 is 2.46 bits per heavy atom. The van der Waals surface area contributed by atoms with E-state index in [1.54, 1.807) is 17.0 Å². The maximum atomic E-state index is 8.63. The Morgan fingerprint density at radius 1 is 1.62 bits per heavy atom. The van der Waals surface area contributed by atoms with E-state index in [9.17, 15) is 0 Å². The van der Waals surface area contributed by atoms with E-state index in [4.69, 9.17) is 5.26 Å². The van der Waals surface area contributed by atoms with Crippen molar-refractivity contribution < 1.29 is 0 Å². The van der Waals surface area contributed by atoms with Crippen molar-refractivity contribution in [2.75, 3.05) is 0 Å². The molecule has 2 aromatic rings. The predicted molar refractivity (Wildman–Crippen MR) is 49.0 cm³/mol. The number of hydrogen-bond acceptors (Lipinski definition) is 4. The molecule has 0 fully saturated rings. The average molecular weight is 190 g/mol. The van der Waals surface area contributed by atoms with Crippen LogP contribution in [0.4, 0.5) is 0 Å². The summed E-state index contributed by atoms with van der Waals surface area (Å²) >= 11 is 1.51. The Morgan fingerprint density at radius 3 is 3.00 bits per heavy atom. The van der Waals surface area contributed by atoms with Crippen LogP contribution in [0.1, 0.15) is 5.69 Å². The van der Waals surface area contributed by atoms with Gasteiger partial charge in [0.2, 0.25) is 0 Å². The zero-order valence-corrected chi connectivity index (χ0v) is 7.75. The van der Waals surface area contributed by atoms with Gasteiger partial charge < -0.3 is 4.57 Å². The quantitative estimate of drug-likeness (QED) is 0.683. The monoisotopic (exact) mass is 190 g/mol. The molecule has 0 N–H and O–H groups in total. The van der Waals surface area contributed by atoms with Crippen LogP contribution in [0.15, 0.2) is 17.8 Å². The molecule has 5 heteroatoms. The summed E-state index contributed by atoms with van der Waals surface area (Å²) in [6.45, 7) is 0. The lowest BCUT2D eigenvalue weighted by Gasteiger charge is -1.93. The highest BCUT2D eigenvalue weighted by Gasteiger charge is 2.08. The van der Waals surface area contributed by atoms with Crippen molar-refractivity contribution in [1.82, 2.24) is 14.5 Å². The molecule has 4 nitrogen and oxygen atoms in total. The molecule has 0 saturated carbocycles. The molecule has 2 heterocycles. The molecule has 0 unspecified atom stereocenters. The molecule has 0 aromatic carbocycles. The van der Waals surface area contributed by atoms with Crippen LogP contribution in [0.3, 0.4) is 0 Å². The highest BCUT2D eigenvalue weighted by Crippen LogP contribution is 2.19. The summed E-state index contributed by atoms with van der Waals surface area (Å²) in [6, 6.07) is 2.00. The number of rotatable bonds is 1. The summed E-state index contributed by atoms with van der Waals surface area (Å²) in [5.41, 5.74) is 0.424. The Hall–Kier alpha value is -1.67. The molecular formula is C8H6N4S. The van der Waals surface area contributed by atoms with Gasteiger partial charge in [0.05, 0.1) is 0 Å². The van der Waals surface area contributed by atoms with E-state index in [2.05, 4.69) is 9.97 Å². The first-order valence-corrected chi connectivity index (χ1v) is 4.52. The maximum absolute atomic E-state index is 8.63. The minimum atomic E-state index is 0.424. The van der Waals surface area contributed by atoms with Gasteiger partial charge in [-0.15, -0.1) is 11.3 Å².